The van der Waals surface area contributed by atoms with Gasteiger partial charge >= 0.3 is 0 Å². The zero-order valence-electron chi connectivity index (χ0n) is 12.5. The Hall–Kier alpha value is -0.520. The minimum atomic E-state index is -0.400. The smallest absolute Gasteiger partial charge is 0.261 e. The van der Waals surface area contributed by atoms with E-state index < -0.39 is 5.54 Å². The molecule has 0 radical (unpaired) electrons. The van der Waals surface area contributed by atoms with Gasteiger partial charge in [-0.25, -0.2) is 0 Å². The summed E-state index contributed by atoms with van der Waals surface area (Å²) in [7, 11) is 0. The van der Waals surface area contributed by atoms with Crippen molar-refractivity contribution in [1.82, 2.24) is 5.32 Å². The third-order valence-corrected chi connectivity index (χ3v) is 7.01. The lowest BCUT2D eigenvalue weighted by Crippen LogP contribution is -2.53. The molecule has 3 nitrogen and oxygen atoms in total. The lowest BCUT2D eigenvalue weighted by Gasteiger charge is -2.38. The fraction of sp³-hybridized carbons (Fsp3) is 0.688. The lowest BCUT2D eigenvalue weighted by atomic mass is 9.77. The molecule has 1 aromatic heterocycles. The number of carbonyl (C=O) groups is 1. The van der Waals surface area contributed by atoms with E-state index in [1.807, 2.05) is 11.8 Å². The van der Waals surface area contributed by atoms with Gasteiger partial charge in [0.25, 0.3) is 5.91 Å². The van der Waals surface area contributed by atoms with Crippen LogP contribution in [0, 0.1) is 5.92 Å². The van der Waals surface area contributed by atoms with Gasteiger partial charge in [0.05, 0.1) is 17.0 Å². The summed E-state index contributed by atoms with van der Waals surface area (Å²) in [5.41, 5.74) is 0.930. The Morgan fingerprint density at radius 3 is 2.90 bits per heavy atom. The summed E-state index contributed by atoms with van der Waals surface area (Å²) in [6.45, 7) is 2.29. The Labute approximate surface area is 134 Å². The van der Waals surface area contributed by atoms with Gasteiger partial charge in [-0.05, 0) is 55.4 Å². The van der Waals surface area contributed by atoms with Crippen LogP contribution in [0.4, 0.5) is 0 Å². The number of hydrogen-bond donors (Lipinski definition) is 2. The summed E-state index contributed by atoms with van der Waals surface area (Å²) in [5.74, 6) is 2.89. The van der Waals surface area contributed by atoms with E-state index in [9.17, 15) is 9.90 Å². The van der Waals surface area contributed by atoms with E-state index in [0.717, 1.165) is 48.5 Å². The van der Waals surface area contributed by atoms with Crippen LogP contribution >= 0.6 is 23.1 Å². The first-order valence-corrected chi connectivity index (χ1v) is 9.72. The van der Waals surface area contributed by atoms with Crippen LogP contribution in [-0.2, 0) is 12.2 Å². The Balaban J connectivity index is 1.71. The summed E-state index contributed by atoms with van der Waals surface area (Å²) in [4.78, 5) is 14.7. The molecular weight excluding hydrogens is 302 g/mol. The van der Waals surface area contributed by atoms with Crippen molar-refractivity contribution in [3.05, 3.63) is 21.4 Å². The molecule has 116 valence electrons. The van der Waals surface area contributed by atoms with Gasteiger partial charge in [-0.15, -0.1) is 11.3 Å². The van der Waals surface area contributed by atoms with E-state index in [4.69, 9.17) is 0 Å². The number of aryl methyl sites for hydroxylation is 1. The first kappa shape index (κ1) is 15.4. The number of aliphatic hydroxyl groups is 1. The van der Waals surface area contributed by atoms with E-state index in [1.54, 1.807) is 11.3 Å². The molecule has 1 amide bonds. The molecule has 0 bridgehead atoms. The predicted octanol–water partition coefficient (Wildman–Crippen LogP) is 3.21. The molecule has 2 heterocycles. The third kappa shape index (κ3) is 3.30. The zero-order valence-corrected chi connectivity index (χ0v) is 14.1. The molecule has 0 saturated heterocycles. The fourth-order valence-corrected chi connectivity index (χ4v) is 5.47. The summed E-state index contributed by atoms with van der Waals surface area (Å²) in [6.07, 6.45) is 5.02. The highest BCUT2D eigenvalue weighted by atomic mass is 32.2. The molecule has 1 aliphatic carbocycles. The zero-order chi connectivity index (χ0) is 14.9. The van der Waals surface area contributed by atoms with Crippen LogP contribution in [0.15, 0.2) is 6.07 Å². The average molecular weight is 325 g/mol. The number of thioether (sulfide) groups is 1. The third-order valence-electron chi connectivity index (χ3n) is 4.76. The van der Waals surface area contributed by atoms with E-state index in [-0.39, 0.29) is 12.5 Å². The van der Waals surface area contributed by atoms with Crippen molar-refractivity contribution < 1.29 is 9.90 Å². The topological polar surface area (TPSA) is 49.3 Å². The first-order chi connectivity index (χ1) is 10.1. The van der Waals surface area contributed by atoms with Crippen molar-refractivity contribution in [2.24, 2.45) is 5.92 Å². The van der Waals surface area contributed by atoms with Crippen molar-refractivity contribution in [3.8, 4) is 0 Å². The van der Waals surface area contributed by atoms with Crippen molar-refractivity contribution >= 4 is 29.0 Å². The second-order valence-corrected chi connectivity index (χ2v) is 8.68. The van der Waals surface area contributed by atoms with Crippen molar-refractivity contribution in [2.45, 2.75) is 50.3 Å². The molecule has 1 aromatic rings. The van der Waals surface area contributed by atoms with Crippen LogP contribution < -0.4 is 5.32 Å². The van der Waals surface area contributed by atoms with Crippen molar-refractivity contribution in [2.75, 3.05) is 12.4 Å². The van der Waals surface area contributed by atoms with Gasteiger partial charge in [0.1, 0.15) is 0 Å². The number of thiophene rings is 1. The largest absolute Gasteiger partial charge is 0.394 e. The second kappa shape index (κ2) is 6.31. The highest BCUT2D eigenvalue weighted by Gasteiger charge is 2.35. The molecule has 0 unspecified atom stereocenters. The van der Waals surface area contributed by atoms with Crippen LogP contribution in [0.1, 0.15) is 52.7 Å². The standard InChI is InChI=1S/C16H23NO2S2/c1-11-2-5-16(10-18,6-3-11)17-15(19)14-8-12-9-20-7-4-13(12)21-14/h8,11,18H,2-7,9-10H2,1H3,(H,17,19). The monoisotopic (exact) mass is 325 g/mol. The number of nitrogens with one attached hydrogen (secondary N) is 1. The number of aliphatic hydroxyl groups excluding tert-OH is 1. The number of amides is 1. The van der Waals surface area contributed by atoms with E-state index in [1.165, 1.54) is 10.4 Å². The summed E-state index contributed by atoms with van der Waals surface area (Å²) in [5, 5.41) is 12.9. The quantitative estimate of drug-likeness (QED) is 0.897. The van der Waals surface area contributed by atoms with E-state index in [2.05, 4.69) is 18.3 Å². The van der Waals surface area contributed by atoms with Gasteiger partial charge in [-0.3, -0.25) is 4.79 Å². The Bertz CT molecular complexity index is 495. The number of hydrogen-bond acceptors (Lipinski definition) is 4. The molecule has 1 fully saturated rings. The van der Waals surface area contributed by atoms with Crippen LogP contribution in [0.5, 0.6) is 0 Å². The van der Waals surface area contributed by atoms with Gasteiger partial charge in [0.2, 0.25) is 0 Å². The molecule has 1 aliphatic heterocycles. The van der Waals surface area contributed by atoms with E-state index >= 15 is 0 Å². The molecule has 3 rings (SSSR count). The summed E-state index contributed by atoms with van der Waals surface area (Å²) in [6, 6.07) is 2.05. The molecule has 2 N–H and O–H groups in total. The highest BCUT2D eigenvalue weighted by molar-refractivity contribution is 7.98. The van der Waals surface area contributed by atoms with Gasteiger partial charge in [0.15, 0.2) is 0 Å². The average Bonchev–Trinajstić information content (AvgIpc) is 2.94. The number of rotatable bonds is 3. The molecule has 0 aromatic carbocycles. The van der Waals surface area contributed by atoms with Crippen molar-refractivity contribution in [1.29, 1.82) is 0 Å². The first-order valence-electron chi connectivity index (χ1n) is 7.74. The molecular formula is C16H23NO2S2. The van der Waals surface area contributed by atoms with Gasteiger partial charge < -0.3 is 10.4 Å². The molecule has 0 atom stereocenters. The van der Waals surface area contributed by atoms with Crippen molar-refractivity contribution in [3.63, 3.8) is 0 Å². The normalized spacial score (nSPS) is 29.0. The summed E-state index contributed by atoms with van der Waals surface area (Å²) >= 11 is 3.57. The van der Waals surface area contributed by atoms with Crippen LogP contribution in [-0.4, -0.2) is 28.9 Å². The maximum Gasteiger partial charge on any atom is 0.261 e. The molecule has 5 heteroatoms. The molecule has 2 aliphatic rings. The number of carbonyl (C=O) groups excluding carboxylic acids is 1. The molecule has 21 heavy (non-hydrogen) atoms. The Morgan fingerprint density at radius 1 is 1.48 bits per heavy atom. The van der Waals surface area contributed by atoms with Crippen LogP contribution in [0.3, 0.4) is 0 Å². The number of fused-ring (bicyclic) bond motifs is 1. The maximum absolute atomic E-state index is 12.6. The Kier molecular flexibility index (Phi) is 4.62. The molecule has 1 saturated carbocycles. The van der Waals surface area contributed by atoms with Gasteiger partial charge in [-0.1, -0.05) is 6.92 Å². The lowest BCUT2D eigenvalue weighted by molar-refractivity contribution is 0.0720. The minimum Gasteiger partial charge on any atom is -0.394 e. The van der Waals surface area contributed by atoms with Gasteiger partial charge in [-0.2, -0.15) is 11.8 Å². The minimum absolute atomic E-state index is 0.00278. The van der Waals surface area contributed by atoms with E-state index in [0.29, 0.717) is 5.92 Å². The summed E-state index contributed by atoms with van der Waals surface area (Å²) < 4.78 is 0. The predicted molar refractivity (Wildman–Crippen MR) is 89.1 cm³/mol. The highest BCUT2D eigenvalue weighted by Crippen LogP contribution is 2.34. The Morgan fingerprint density at radius 2 is 2.24 bits per heavy atom. The SMILES string of the molecule is CC1CCC(CO)(NC(=O)c2cc3c(s2)CCSC3)CC1. The van der Waals surface area contributed by atoms with Crippen LogP contribution in [0.25, 0.3) is 0 Å². The maximum atomic E-state index is 12.6. The van der Waals surface area contributed by atoms with Crippen LogP contribution in [0.2, 0.25) is 0 Å². The molecule has 0 spiro atoms. The fourth-order valence-electron chi connectivity index (χ4n) is 3.20. The second-order valence-electron chi connectivity index (χ2n) is 6.44. The van der Waals surface area contributed by atoms with Gasteiger partial charge in [0, 0.05) is 10.6 Å².